The van der Waals surface area contributed by atoms with E-state index >= 15 is 0 Å². The number of hydrogen-bond donors (Lipinski definition) is 2. The molecule has 1 heterocycles. The first-order chi connectivity index (χ1) is 8.85. The molecule has 1 aromatic rings. The van der Waals surface area contributed by atoms with Gasteiger partial charge in [-0.3, -0.25) is 4.79 Å². The standard InChI is InChI=1S/C14H16N2O3/c1-8(17)16-13-12(18)10-6-9(7-15)4-5-11(10)19-14(13,2)3/h4-6,12-13,18H,1-3H3,(H,16,17). The highest BCUT2D eigenvalue weighted by Gasteiger charge is 2.43. The molecule has 0 saturated heterocycles. The van der Waals surface area contributed by atoms with Gasteiger partial charge in [0.05, 0.1) is 17.7 Å². The minimum atomic E-state index is -0.907. The van der Waals surface area contributed by atoms with Crippen molar-refractivity contribution in [1.29, 1.82) is 5.26 Å². The van der Waals surface area contributed by atoms with Gasteiger partial charge < -0.3 is 15.2 Å². The summed E-state index contributed by atoms with van der Waals surface area (Å²) in [6.07, 6.45) is -0.907. The Bertz CT molecular complexity index is 560. The second-order valence-electron chi connectivity index (χ2n) is 5.19. The van der Waals surface area contributed by atoms with Crippen LogP contribution in [-0.2, 0) is 4.79 Å². The molecule has 0 saturated carbocycles. The molecular formula is C14H16N2O3. The van der Waals surface area contributed by atoms with Gasteiger partial charge in [0.15, 0.2) is 0 Å². The average Bonchev–Trinajstić information content (AvgIpc) is 2.33. The first-order valence-corrected chi connectivity index (χ1v) is 6.03. The third-order valence-electron chi connectivity index (χ3n) is 3.25. The Morgan fingerprint density at radius 2 is 2.21 bits per heavy atom. The van der Waals surface area contributed by atoms with Gasteiger partial charge in [0, 0.05) is 12.5 Å². The molecule has 0 bridgehead atoms. The Balaban J connectivity index is 2.46. The Kier molecular flexibility index (Phi) is 3.21. The van der Waals surface area contributed by atoms with Crippen molar-refractivity contribution in [2.24, 2.45) is 0 Å². The van der Waals surface area contributed by atoms with Gasteiger partial charge in [-0.1, -0.05) is 0 Å². The third-order valence-corrected chi connectivity index (χ3v) is 3.25. The maximum atomic E-state index is 11.3. The second-order valence-corrected chi connectivity index (χ2v) is 5.19. The van der Waals surface area contributed by atoms with Crippen LogP contribution in [0.5, 0.6) is 5.75 Å². The van der Waals surface area contributed by atoms with Crippen LogP contribution in [0.3, 0.4) is 0 Å². The smallest absolute Gasteiger partial charge is 0.217 e. The van der Waals surface area contributed by atoms with E-state index in [4.69, 9.17) is 10.00 Å². The molecule has 0 fully saturated rings. The van der Waals surface area contributed by atoms with Crippen LogP contribution in [0.2, 0.25) is 0 Å². The molecule has 5 nitrogen and oxygen atoms in total. The van der Waals surface area contributed by atoms with Crippen LogP contribution in [0.15, 0.2) is 18.2 Å². The van der Waals surface area contributed by atoms with Crippen LogP contribution in [0.1, 0.15) is 38.0 Å². The number of hydrogen-bond acceptors (Lipinski definition) is 4. The fourth-order valence-electron chi connectivity index (χ4n) is 2.32. The van der Waals surface area contributed by atoms with E-state index in [-0.39, 0.29) is 5.91 Å². The van der Waals surface area contributed by atoms with Gasteiger partial charge in [-0.2, -0.15) is 5.26 Å². The number of aliphatic hydroxyl groups excluding tert-OH is 1. The molecule has 5 heteroatoms. The molecule has 2 rings (SSSR count). The molecule has 1 amide bonds. The van der Waals surface area contributed by atoms with Crippen molar-refractivity contribution in [3.05, 3.63) is 29.3 Å². The van der Waals surface area contributed by atoms with Gasteiger partial charge in [0.1, 0.15) is 17.5 Å². The number of rotatable bonds is 1. The number of carbonyl (C=O) groups is 1. The highest BCUT2D eigenvalue weighted by Crippen LogP contribution is 2.40. The summed E-state index contributed by atoms with van der Waals surface area (Å²) in [5, 5.41) is 22.0. The molecule has 1 aliphatic rings. The van der Waals surface area contributed by atoms with Crippen molar-refractivity contribution in [1.82, 2.24) is 5.32 Å². The predicted octanol–water partition coefficient (Wildman–Crippen LogP) is 1.27. The first kappa shape index (κ1) is 13.4. The van der Waals surface area contributed by atoms with Gasteiger partial charge in [0.2, 0.25) is 5.91 Å². The van der Waals surface area contributed by atoms with Crippen molar-refractivity contribution in [2.75, 3.05) is 0 Å². The topological polar surface area (TPSA) is 82.4 Å². The maximum Gasteiger partial charge on any atom is 0.217 e. The van der Waals surface area contributed by atoms with Gasteiger partial charge >= 0.3 is 0 Å². The van der Waals surface area contributed by atoms with Gasteiger partial charge in [-0.25, -0.2) is 0 Å². The largest absolute Gasteiger partial charge is 0.485 e. The van der Waals surface area contributed by atoms with E-state index in [0.717, 1.165) is 0 Å². The van der Waals surface area contributed by atoms with E-state index in [0.29, 0.717) is 16.9 Å². The lowest BCUT2D eigenvalue weighted by Gasteiger charge is -2.43. The molecule has 100 valence electrons. The number of carbonyl (C=O) groups excluding carboxylic acids is 1. The molecule has 0 radical (unpaired) electrons. The summed E-state index contributed by atoms with van der Waals surface area (Å²) in [7, 11) is 0. The summed E-state index contributed by atoms with van der Waals surface area (Å²) >= 11 is 0. The molecule has 0 spiro atoms. The SMILES string of the molecule is CC(=O)NC1C(O)c2cc(C#N)ccc2OC1(C)C. The molecule has 1 aromatic carbocycles. The van der Waals surface area contributed by atoms with Crippen molar-refractivity contribution in [3.8, 4) is 11.8 Å². The lowest BCUT2D eigenvalue weighted by Crippen LogP contribution is -2.57. The minimum absolute atomic E-state index is 0.236. The van der Waals surface area contributed by atoms with Crippen molar-refractivity contribution >= 4 is 5.91 Å². The summed E-state index contributed by atoms with van der Waals surface area (Å²) in [6, 6.07) is 6.35. The summed E-state index contributed by atoms with van der Waals surface area (Å²) in [5.74, 6) is 0.304. The van der Waals surface area contributed by atoms with Crippen LogP contribution in [0, 0.1) is 11.3 Å². The second kappa shape index (κ2) is 4.56. The number of nitrogens with one attached hydrogen (secondary N) is 1. The van der Waals surface area contributed by atoms with E-state index in [1.165, 1.54) is 6.92 Å². The zero-order valence-electron chi connectivity index (χ0n) is 11.1. The number of benzene rings is 1. The van der Waals surface area contributed by atoms with Gasteiger partial charge in [-0.15, -0.1) is 0 Å². The lowest BCUT2D eigenvalue weighted by atomic mass is 9.85. The summed E-state index contributed by atoms with van der Waals surface area (Å²) < 4.78 is 5.82. The Labute approximate surface area is 111 Å². The van der Waals surface area contributed by atoms with Crippen LogP contribution in [-0.4, -0.2) is 22.7 Å². The van der Waals surface area contributed by atoms with Crippen LogP contribution >= 0.6 is 0 Å². The van der Waals surface area contributed by atoms with E-state index in [2.05, 4.69) is 5.32 Å². The van der Waals surface area contributed by atoms with Crippen LogP contribution in [0.25, 0.3) is 0 Å². The van der Waals surface area contributed by atoms with E-state index in [1.807, 2.05) is 6.07 Å². The van der Waals surface area contributed by atoms with Gasteiger partial charge in [0.25, 0.3) is 0 Å². The first-order valence-electron chi connectivity index (χ1n) is 6.03. The average molecular weight is 260 g/mol. The Morgan fingerprint density at radius 1 is 1.53 bits per heavy atom. The Hall–Kier alpha value is -2.06. The highest BCUT2D eigenvalue weighted by molar-refractivity contribution is 5.73. The quantitative estimate of drug-likeness (QED) is 0.796. The molecule has 2 atom stereocenters. The fourth-order valence-corrected chi connectivity index (χ4v) is 2.32. The Morgan fingerprint density at radius 3 is 2.79 bits per heavy atom. The normalized spacial score (nSPS) is 23.7. The van der Waals surface area contributed by atoms with Gasteiger partial charge in [-0.05, 0) is 32.0 Å². The number of nitriles is 1. The number of aliphatic hydroxyl groups is 1. The summed E-state index contributed by atoms with van der Waals surface area (Å²) in [5.41, 5.74) is 0.242. The molecule has 19 heavy (non-hydrogen) atoms. The van der Waals surface area contributed by atoms with E-state index in [9.17, 15) is 9.90 Å². The van der Waals surface area contributed by atoms with Crippen LogP contribution in [0.4, 0.5) is 0 Å². The molecule has 0 aromatic heterocycles. The lowest BCUT2D eigenvalue weighted by molar-refractivity contribution is -0.124. The summed E-state index contributed by atoms with van der Waals surface area (Å²) in [4.78, 5) is 11.3. The number of nitrogens with zero attached hydrogens (tertiary/aromatic N) is 1. The van der Waals surface area contributed by atoms with Crippen LogP contribution < -0.4 is 10.1 Å². The number of fused-ring (bicyclic) bond motifs is 1. The highest BCUT2D eigenvalue weighted by atomic mass is 16.5. The summed E-state index contributed by atoms with van der Waals surface area (Å²) in [6.45, 7) is 5.00. The molecular weight excluding hydrogens is 244 g/mol. The molecule has 2 N–H and O–H groups in total. The van der Waals surface area contributed by atoms with Crippen molar-refractivity contribution < 1.29 is 14.6 Å². The number of amides is 1. The predicted molar refractivity (Wildman–Crippen MR) is 68.4 cm³/mol. The third kappa shape index (κ3) is 2.40. The maximum absolute atomic E-state index is 11.3. The zero-order valence-corrected chi connectivity index (χ0v) is 11.1. The minimum Gasteiger partial charge on any atom is -0.485 e. The molecule has 1 aliphatic heterocycles. The van der Waals surface area contributed by atoms with Crippen molar-refractivity contribution in [3.63, 3.8) is 0 Å². The van der Waals surface area contributed by atoms with E-state index in [1.54, 1.807) is 32.0 Å². The fraction of sp³-hybridized carbons (Fsp3) is 0.429. The van der Waals surface area contributed by atoms with Crippen molar-refractivity contribution in [2.45, 2.75) is 38.5 Å². The van der Waals surface area contributed by atoms with E-state index < -0.39 is 17.7 Å². The zero-order chi connectivity index (χ0) is 14.2. The molecule has 0 aliphatic carbocycles. The number of ether oxygens (including phenoxy) is 1. The molecule has 2 unspecified atom stereocenters. The monoisotopic (exact) mass is 260 g/mol.